The van der Waals surface area contributed by atoms with Crippen molar-refractivity contribution in [2.24, 2.45) is 0 Å². The zero-order valence-corrected chi connectivity index (χ0v) is 9.74. The average Bonchev–Trinajstić information content (AvgIpc) is 2.62. The van der Waals surface area contributed by atoms with E-state index in [1.54, 1.807) is 0 Å². The highest BCUT2D eigenvalue weighted by atomic mass is 16.3. The average molecular weight is 228 g/mol. The Kier molecular flexibility index (Phi) is 5.25. The van der Waals surface area contributed by atoms with Crippen LogP contribution in [0, 0.1) is 0 Å². The van der Waals surface area contributed by atoms with Gasteiger partial charge in [0.25, 0.3) is 0 Å². The zero-order valence-electron chi connectivity index (χ0n) is 9.74. The molecule has 0 aromatic rings. The summed E-state index contributed by atoms with van der Waals surface area (Å²) in [5.41, 5.74) is 0. The normalized spacial score (nSPS) is 20.2. The molecular formula is C11H20N2O3. The molecule has 1 aliphatic heterocycles. The lowest BCUT2D eigenvalue weighted by Crippen LogP contribution is -2.45. The molecule has 5 nitrogen and oxygen atoms in total. The number of likely N-dealkylation sites (tertiary alicyclic amines) is 1. The summed E-state index contributed by atoms with van der Waals surface area (Å²) >= 11 is 0. The standard InChI is InChI=1S/C11H20N2O3/c1-2-3-6-12-11(16)9-4-5-10(15)13(9)7-8-14/h9,14H,2-8H2,1H3,(H,12,16). The maximum atomic E-state index is 11.8. The summed E-state index contributed by atoms with van der Waals surface area (Å²) in [5, 5.41) is 11.7. The van der Waals surface area contributed by atoms with Crippen LogP contribution in [-0.2, 0) is 9.59 Å². The fourth-order valence-corrected chi connectivity index (χ4v) is 1.90. The number of unbranched alkanes of at least 4 members (excludes halogenated alkanes) is 1. The lowest BCUT2D eigenvalue weighted by molar-refractivity contribution is -0.135. The lowest BCUT2D eigenvalue weighted by atomic mass is 10.2. The molecule has 0 saturated carbocycles. The van der Waals surface area contributed by atoms with Crippen molar-refractivity contribution in [3.63, 3.8) is 0 Å². The molecule has 16 heavy (non-hydrogen) atoms. The largest absolute Gasteiger partial charge is 0.395 e. The van der Waals surface area contributed by atoms with Crippen molar-refractivity contribution < 1.29 is 14.7 Å². The second kappa shape index (κ2) is 6.48. The number of β-amino-alcohol motifs (C(OH)–C–C–N with tert-alkyl or cyclic N) is 1. The van der Waals surface area contributed by atoms with Gasteiger partial charge in [-0.05, 0) is 12.8 Å². The van der Waals surface area contributed by atoms with Gasteiger partial charge in [0.1, 0.15) is 6.04 Å². The van der Waals surface area contributed by atoms with Crippen molar-refractivity contribution in [1.29, 1.82) is 0 Å². The highest BCUT2D eigenvalue weighted by Crippen LogP contribution is 2.18. The van der Waals surface area contributed by atoms with Gasteiger partial charge in [0.2, 0.25) is 11.8 Å². The number of hydrogen-bond acceptors (Lipinski definition) is 3. The summed E-state index contributed by atoms with van der Waals surface area (Å²) in [5.74, 6) is -0.127. The minimum absolute atomic E-state index is 0.0373. The Morgan fingerprint density at radius 2 is 2.38 bits per heavy atom. The molecule has 2 N–H and O–H groups in total. The maximum absolute atomic E-state index is 11.8. The van der Waals surface area contributed by atoms with E-state index in [9.17, 15) is 9.59 Å². The molecule has 5 heteroatoms. The maximum Gasteiger partial charge on any atom is 0.242 e. The van der Waals surface area contributed by atoms with Gasteiger partial charge in [0.15, 0.2) is 0 Å². The molecule has 0 aliphatic carbocycles. The molecule has 1 unspecified atom stereocenters. The molecule has 1 heterocycles. The first-order valence-corrected chi connectivity index (χ1v) is 5.88. The van der Waals surface area contributed by atoms with Crippen LogP contribution in [0.1, 0.15) is 32.6 Å². The van der Waals surface area contributed by atoms with E-state index in [4.69, 9.17) is 5.11 Å². The van der Waals surface area contributed by atoms with Gasteiger partial charge >= 0.3 is 0 Å². The molecule has 0 radical (unpaired) electrons. The van der Waals surface area contributed by atoms with Gasteiger partial charge in [-0.2, -0.15) is 0 Å². The lowest BCUT2D eigenvalue weighted by Gasteiger charge is -2.23. The van der Waals surface area contributed by atoms with Crippen molar-refractivity contribution in [1.82, 2.24) is 10.2 Å². The van der Waals surface area contributed by atoms with Crippen molar-refractivity contribution in [3.8, 4) is 0 Å². The third-order valence-corrected chi connectivity index (χ3v) is 2.80. The smallest absolute Gasteiger partial charge is 0.242 e. The van der Waals surface area contributed by atoms with Gasteiger partial charge in [-0.15, -0.1) is 0 Å². The Hall–Kier alpha value is -1.10. The summed E-state index contributed by atoms with van der Waals surface area (Å²) < 4.78 is 0. The van der Waals surface area contributed by atoms with E-state index in [0.717, 1.165) is 12.8 Å². The first-order valence-electron chi connectivity index (χ1n) is 5.88. The quantitative estimate of drug-likeness (QED) is 0.623. The van der Waals surface area contributed by atoms with Crippen molar-refractivity contribution >= 4 is 11.8 Å². The third kappa shape index (κ3) is 3.20. The van der Waals surface area contributed by atoms with Gasteiger partial charge < -0.3 is 15.3 Å². The van der Waals surface area contributed by atoms with Gasteiger partial charge in [-0.3, -0.25) is 9.59 Å². The van der Waals surface area contributed by atoms with Crippen LogP contribution in [0.2, 0.25) is 0 Å². The third-order valence-electron chi connectivity index (χ3n) is 2.80. The number of aliphatic hydroxyl groups excluding tert-OH is 1. The molecule has 92 valence electrons. The first-order chi connectivity index (χ1) is 7.70. The molecule has 0 aromatic carbocycles. The minimum atomic E-state index is -0.378. The van der Waals surface area contributed by atoms with E-state index in [1.165, 1.54) is 4.90 Å². The summed E-state index contributed by atoms with van der Waals surface area (Å²) in [6.45, 7) is 2.88. The van der Waals surface area contributed by atoms with Gasteiger partial charge in [-0.1, -0.05) is 13.3 Å². The summed E-state index contributed by atoms with van der Waals surface area (Å²) in [7, 11) is 0. The van der Waals surface area contributed by atoms with Crippen molar-refractivity contribution in [2.45, 2.75) is 38.6 Å². The van der Waals surface area contributed by atoms with Crippen LogP contribution in [0.5, 0.6) is 0 Å². The number of nitrogens with zero attached hydrogens (tertiary/aromatic N) is 1. The molecule has 1 aliphatic rings. The molecule has 1 saturated heterocycles. The van der Waals surface area contributed by atoms with E-state index in [-0.39, 0.29) is 31.0 Å². The predicted molar refractivity (Wildman–Crippen MR) is 59.7 cm³/mol. The number of carbonyl (C=O) groups is 2. The fourth-order valence-electron chi connectivity index (χ4n) is 1.90. The predicted octanol–water partition coefficient (Wildman–Crippen LogP) is -0.114. The van der Waals surface area contributed by atoms with Crippen molar-refractivity contribution in [2.75, 3.05) is 19.7 Å². The van der Waals surface area contributed by atoms with E-state index < -0.39 is 0 Å². The molecule has 2 amide bonds. The van der Waals surface area contributed by atoms with Crippen molar-refractivity contribution in [3.05, 3.63) is 0 Å². The highest BCUT2D eigenvalue weighted by molar-refractivity contribution is 5.90. The molecule has 0 aromatic heterocycles. The number of hydrogen-bond donors (Lipinski definition) is 2. The zero-order chi connectivity index (χ0) is 12.0. The summed E-state index contributed by atoms with van der Waals surface area (Å²) in [6, 6.07) is -0.378. The van der Waals surface area contributed by atoms with Crippen LogP contribution in [0.4, 0.5) is 0 Å². The van der Waals surface area contributed by atoms with Crippen LogP contribution in [-0.4, -0.2) is 47.6 Å². The number of nitrogens with one attached hydrogen (secondary N) is 1. The van der Waals surface area contributed by atoms with Gasteiger partial charge in [0, 0.05) is 19.5 Å². The second-order valence-electron chi connectivity index (χ2n) is 4.01. The number of carbonyl (C=O) groups excluding carboxylic acids is 2. The van der Waals surface area contributed by atoms with E-state index in [1.807, 2.05) is 0 Å². The SMILES string of the molecule is CCCCNC(=O)C1CCC(=O)N1CCO. The molecule has 1 fully saturated rings. The van der Waals surface area contributed by atoms with E-state index in [0.29, 0.717) is 19.4 Å². The van der Waals surface area contributed by atoms with E-state index in [2.05, 4.69) is 12.2 Å². The number of rotatable bonds is 6. The summed E-state index contributed by atoms with van der Waals surface area (Å²) in [6.07, 6.45) is 2.96. The monoisotopic (exact) mass is 228 g/mol. The van der Waals surface area contributed by atoms with Gasteiger partial charge in [-0.25, -0.2) is 0 Å². The van der Waals surface area contributed by atoms with Crippen LogP contribution in [0.25, 0.3) is 0 Å². The van der Waals surface area contributed by atoms with Crippen LogP contribution >= 0.6 is 0 Å². The number of amides is 2. The molecule has 0 spiro atoms. The molecular weight excluding hydrogens is 208 g/mol. The molecule has 1 rings (SSSR count). The Labute approximate surface area is 95.8 Å². The topological polar surface area (TPSA) is 69.6 Å². The van der Waals surface area contributed by atoms with Gasteiger partial charge in [0.05, 0.1) is 6.61 Å². The Morgan fingerprint density at radius 1 is 1.62 bits per heavy atom. The second-order valence-corrected chi connectivity index (χ2v) is 4.01. The highest BCUT2D eigenvalue weighted by Gasteiger charge is 2.35. The van der Waals surface area contributed by atoms with Crippen LogP contribution < -0.4 is 5.32 Å². The molecule has 0 bridgehead atoms. The summed E-state index contributed by atoms with van der Waals surface area (Å²) in [4.78, 5) is 24.7. The van der Waals surface area contributed by atoms with E-state index >= 15 is 0 Å². The molecule has 1 atom stereocenters. The fraction of sp³-hybridized carbons (Fsp3) is 0.818. The van der Waals surface area contributed by atoms with Crippen LogP contribution in [0.3, 0.4) is 0 Å². The Morgan fingerprint density at radius 3 is 3.00 bits per heavy atom. The first kappa shape index (κ1) is 13.0. The Balaban J connectivity index is 2.44. The minimum Gasteiger partial charge on any atom is -0.395 e. The number of aliphatic hydroxyl groups is 1. The van der Waals surface area contributed by atoms with Crippen LogP contribution in [0.15, 0.2) is 0 Å². The Bertz CT molecular complexity index is 256.